The van der Waals surface area contributed by atoms with Crippen LogP contribution < -0.4 is 0 Å². The van der Waals surface area contributed by atoms with E-state index in [0.29, 0.717) is 0 Å². The number of fused-ring (bicyclic) bond motifs is 10. The fourth-order valence-electron chi connectivity index (χ4n) is 4.66. The molecule has 0 aliphatic rings. The molecule has 0 aliphatic heterocycles. The summed E-state index contributed by atoms with van der Waals surface area (Å²) in [5, 5.41) is 7.60. The number of H-pyrrole nitrogens is 3. The summed E-state index contributed by atoms with van der Waals surface area (Å²) < 4.78 is 0. The van der Waals surface area contributed by atoms with Crippen molar-refractivity contribution in [2.24, 2.45) is 0 Å². The van der Waals surface area contributed by atoms with E-state index in [2.05, 4.69) is 87.7 Å². The van der Waals surface area contributed by atoms with Gasteiger partial charge in [-0.3, -0.25) is 0 Å². The second-order valence-corrected chi connectivity index (χ2v) is 7.32. The summed E-state index contributed by atoms with van der Waals surface area (Å²) in [7, 11) is 0. The third-order valence-electron chi connectivity index (χ3n) is 5.87. The summed E-state index contributed by atoms with van der Waals surface area (Å²) in [5.41, 5.74) is 7.10. The Hall–Kier alpha value is -3.72. The summed E-state index contributed by atoms with van der Waals surface area (Å²) >= 11 is 0. The molecule has 3 N–H and O–H groups in total. The highest BCUT2D eigenvalue weighted by Gasteiger charge is 2.14. The number of hydrogen-bond acceptors (Lipinski definition) is 0. The topological polar surface area (TPSA) is 47.4 Å². The molecule has 7 rings (SSSR count). The molecular formula is C24H15N3. The lowest BCUT2D eigenvalue weighted by molar-refractivity contribution is 1.54. The summed E-state index contributed by atoms with van der Waals surface area (Å²) in [6.07, 6.45) is 0. The van der Waals surface area contributed by atoms with Crippen LogP contribution in [0.5, 0.6) is 0 Å². The minimum Gasteiger partial charge on any atom is -0.354 e. The SMILES string of the molecule is c1ccc2c(c1)[nH]c1cc3c(cc12)[nH]c1c3ccc2[nH]c3ccccc3c21. The van der Waals surface area contributed by atoms with E-state index < -0.39 is 0 Å². The molecular weight excluding hydrogens is 330 g/mol. The van der Waals surface area contributed by atoms with Gasteiger partial charge in [0.15, 0.2) is 0 Å². The molecule has 0 radical (unpaired) electrons. The molecule has 0 fully saturated rings. The highest BCUT2D eigenvalue weighted by molar-refractivity contribution is 6.26. The fourth-order valence-corrected chi connectivity index (χ4v) is 4.66. The maximum atomic E-state index is 3.71. The standard InChI is InChI=1S/C24H15N3/c1-3-7-18-13(5-1)16-11-22-17(12-21(16)26-18)14-9-10-20-23(24(14)27-22)15-6-2-4-8-19(15)25-20/h1-12,25-27H. The molecule has 3 nitrogen and oxygen atoms in total. The van der Waals surface area contributed by atoms with Gasteiger partial charge in [0.05, 0.1) is 5.52 Å². The molecule has 27 heavy (non-hydrogen) atoms. The zero-order chi connectivity index (χ0) is 17.5. The molecule has 126 valence electrons. The lowest BCUT2D eigenvalue weighted by atomic mass is 10.1. The second-order valence-electron chi connectivity index (χ2n) is 7.32. The van der Waals surface area contributed by atoms with E-state index in [1.165, 1.54) is 65.4 Å². The summed E-state index contributed by atoms with van der Waals surface area (Å²) in [6.45, 7) is 0. The number of aromatic amines is 3. The van der Waals surface area contributed by atoms with Gasteiger partial charge in [-0.25, -0.2) is 0 Å². The van der Waals surface area contributed by atoms with E-state index in [9.17, 15) is 0 Å². The Morgan fingerprint density at radius 1 is 0.407 bits per heavy atom. The van der Waals surface area contributed by atoms with Crippen molar-refractivity contribution in [3.05, 3.63) is 72.8 Å². The molecule has 0 bridgehead atoms. The largest absolute Gasteiger partial charge is 0.354 e. The average molecular weight is 345 g/mol. The van der Waals surface area contributed by atoms with Crippen LogP contribution in [0, 0.1) is 0 Å². The maximum Gasteiger partial charge on any atom is 0.0566 e. The van der Waals surface area contributed by atoms with Gasteiger partial charge in [0.25, 0.3) is 0 Å². The third kappa shape index (κ3) is 1.62. The molecule has 0 amide bonds. The van der Waals surface area contributed by atoms with Crippen LogP contribution in [0.25, 0.3) is 65.4 Å². The lowest BCUT2D eigenvalue weighted by Crippen LogP contribution is -1.71. The molecule has 3 heterocycles. The highest BCUT2D eigenvalue weighted by Crippen LogP contribution is 2.37. The van der Waals surface area contributed by atoms with Crippen molar-refractivity contribution in [3.63, 3.8) is 0 Å². The Morgan fingerprint density at radius 2 is 1.04 bits per heavy atom. The van der Waals surface area contributed by atoms with Gasteiger partial charge in [-0.1, -0.05) is 42.5 Å². The first-order chi connectivity index (χ1) is 13.4. The zero-order valence-corrected chi connectivity index (χ0v) is 14.4. The second kappa shape index (κ2) is 4.51. The summed E-state index contributed by atoms with van der Waals surface area (Å²) in [5.74, 6) is 0. The van der Waals surface area contributed by atoms with Crippen LogP contribution in [0.1, 0.15) is 0 Å². The van der Waals surface area contributed by atoms with Crippen LogP contribution in [0.15, 0.2) is 72.8 Å². The van der Waals surface area contributed by atoms with E-state index in [-0.39, 0.29) is 0 Å². The zero-order valence-electron chi connectivity index (χ0n) is 14.4. The van der Waals surface area contributed by atoms with Crippen molar-refractivity contribution >= 4 is 65.4 Å². The van der Waals surface area contributed by atoms with Gasteiger partial charge in [0.1, 0.15) is 0 Å². The Bertz CT molecular complexity index is 1670. The van der Waals surface area contributed by atoms with E-state index in [1.807, 2.05) is 0 Å². The first kappa shape index (κ1) is 13.5. The smallest absolute Gasteiger partial charge is 0.0566 e. The third-order valence-corrected chi connectivity index (χ3v) is 5.87. The Labute approximate surface area is 153 Å². The van der Waals surface area contributed by atoms with E-state index in [1.54, 1.807) is 0 Å². The van der Waals surface area contributed by atoms with Gasteiger partial charge >= 0.3 is 0 Å². The summed E-state index contributed by atoms with van der Waals surface area (Å²) in [4.78, 5) is 10.8. The van der Waals surface area contributed by atoms with Gasteiger partial charge in [0, 0.05) is 59.9 Å². The van der Waals surface area contributed by atoms with Gasteiger partial charge in [-0.2, -0.15) is 0 Å². The van der Waals surface area contributed by atoms with Crippen molar-refractivity contribution in [1.82, 2.24) is 15.0 Å². The molecule has 7 aromatic rings. The summed E-state index contributed by atoms with van der Waals surface area (Å²) in [6, 6.07) is 26.0. The predicted molar refractivity (Wildman–Crippen MR) is 115 cm³/mol. The maximum absolute atomic E-state index is 3.71. The van der Waals surface area contributed by atoms with E-state index in [0.717, 1.165) is 0 Å². The van der Waals surface area contributed by atoms with Crippen molar-refractivity contribution in [3.8, 4) is 0 Å². The van der Waals surface area contributed by atoms with Crippen LogP contribution in [-0.2, 0) is 0 Å². The average Bonchev–Trinajstić information content (AvgIpc) is 3.36. The number of aromatic nitrogens is 3. The minimum atomic E-state index is 1.17. The monoisotopic (exact) mass is 345 g/mol. The van der Waals surface area contributed by atoms with Crippen LogP contribution in [0.4, 0.5) is 0 Å². The Morgan fingerprint density at radius 3 is 1.89 bits per heavy atom. The van der Waals surface area contributed by atoms with E-state index >= 15 is 0 Å². The quantitative estimate of drug-likeness (QED) is 0.278. The Kier molecular flexibility index (Phi) is 2.25. The Balaban J connectivity index is 1.70. The van der Waals surface area contributed by atoms with Gasteiger partial charge in [0.2, 0.25) is 0 Å². The number of para-hydroxylation sites is 2. The predicted octanol–water partition coefficient (Wildman–Crippen LogP) is 6.59. The van der Waals surface area contributed by atoms with Crippen LogP contribution in [0.2, 0.25) is 0 Å². The molecule has 4 aromatic carbocycles. The molecule has 0 saturated heterocycles. The van der Waals surface area contributed by atoms with Gasteiger partial charge < -0.3 is 15.0 Å². The first-order valence-corrected chi connectivity index (χ1v) is 9.22. The number of benzene rings is 4. The van der Waals surface area contributed by atoms with Crippen LogP contribution >= 0.6 is 0 Å². The highest BCUT2D eigenvalue weighted by atomic mass is 14.8. The lowest BCUT2D eigenvalue weighted by Gasteiger charge is -1.95. The molecule has 3 aromatic heterocycles. The number of nitrogens with one attached hydrogen (secondary N) is 3. The number of rotatable bonds is 0. The van der Waals surface area contributed by atoms with Crippen LogP contribution in [-0.4, -0.2) is 15.0 Å². The normalized spacial score (nSPS) is 12.4. The van der Waals surface area contributed by atoms with Gasteiger partial charge in [-0.15, -0.1) is 0 Å². The van der Waals surface area contributed by atoms with Crippen molar-refractivity contribution < 1.29 is 0 Å². The molecule has 0 spiro atoms. The molecule has 0 aliphatic carbocycles. The van der Waals surface area contributed by atoms with Gasteiger partial charge in [-0.05, 0) is 30.3 Å². The van der Waals surface area contributed by atoms with E-state index in [4.69, 9.17) is 0 Å². The van der Waals surface area contributed by atoms with Crippen molar-refractivity contribution in [2.75, 3.05) is 0 Å². The van der Waals surface area contributed by atoms with Crippen molar-refractivity contribution in [1.29, 1.82) is 0 Å². The fraction of sp³-hybridized carbons (Fsp3) is 0. The minimum absolute atomic E-state index is 1.17. The molecule has 3 heteroatoms. The molecule has 0 saturated carbocycles. The number of hydrogen-bond donors (Lipinski definition) is 3. The molecule has 0 unspecified atom stereocenters. The first-order valence-electron chi connectivity index (χ1n) is 9.22. The van der Waals surface area contributed by atoms with Crippen molar-refractivity contribution in [2.45, 2.75) is 0 Å². The van der Waals surface area contributed by atoms with Crippen LogP contribution in [0.3, 0.4) is 0 Å². The molecule has 0 atom stereocenters.